The average Bonchev–Trinajstić information content (AvgIpc) is 1.95. The van der Waals surface area contributed by atoms with Crippen LogP contribution in [0.4, 0.5) is 0 Å². The number of carboxylic acids is 1. The van der Waals surface area contributed by atoms with Gasteiger partial charge in [0, 0.05) is 0 Å². The summed E-state index contributed by atoms with van der Waals surface area (Å²) in [5.41, 5.74) is -0.584. The van der Waals surface area contributed by atoms with Crippen molar-refractivity contribution in [1.29, 1.82) is 0 Å². The van der Waals surface area contributed by atoms with Gasteiger partial charge in [-0.05, 0) is 32.6 Å². The van der Waals surface area contributed by atoms with Crippen molar-refractivity contribution < 1.29 is 15.0 Å². The first-order chi connectivity index (χ1) is 5.04. The molecule has 0 heterocycles. The lowest BCUT2D eigenvalue weighted by Gasteiger charge is -2.31. The molecular weight excluding hydrogens is 144 g/mol. The maximum atomic E-state index is 10.7. The standard InChI is InChI=1S/C8H14O3/c1-8(7(10)11)4-2-6(9)3-5-8/h6,9H,2-5H2,1H3,(H,10,11)/t6-,8+. The third kappa shape index (κ3) is 1.71. The largest absolute Gasteiger partial charge is 0.481 e. The van der Waals surface area contributed by atoms with Crippen LogP contribution in [0, 0.1) is 5.41 Å². The van der Waals surface area contributed by atoms with Crippen molar-refractivity contribution in [1.82, 2.24) is 0 Å². The Balaban J connectivity index is 2.55. The van der Waals surface area contributed by atoms with E-state index in [1.807, 2.05) is 0 Å². The van der Waals surface area contributed by atoms with Crippen LogP contribution in [-0.2, 0) is 4.79 Å². The van der Waals surface area contributed by atoms with Gasteiger partial charge in [-0.15, -0.1) is 0 Å². The SMILES string of the molecule is C[C@]1(C(=O)O)CC[C@@H](O)CC1. The number of hydrogen-bond donors (Lipinski definition) is 2. The van der Waals surface area contributed by atoms with Crippen LogP contribution in [0.3, 0.4) is 0 Å². The zero-order valence-electron chi connectivity index (χ0n) is 6.71. The summed E-state index contributed by atoms with van der Waals surface area (Å²) in [5, 5.41) is 17.9. The van der Waals surface area contributed by atoms with Crippen LogP contribution in [0.1, 0.15) is 32.6 Å². The van der Waals surface area contributed by atoms with Crippen LogP contribution in [-0.4, -0.2) is 22.3 Å². The van der Waals surface area contributed by atoms with Gasteiger partial charge in [-0.25, -0.2) is 0 Å². The fraction of sp³-hybridized carbons (Fsp3) is 0.875. The molecule has 1 saturated carbocycles. The lowest BCUT2D eigenvalue weighted by Crippen LogP contribution is -2.33. The maximum absolute atomic E-state index is 10.7. The zero-order chi connectivity index (χ0) is 8.48. The van der Waals surface area contributed by atoms with Crippen molar-refractivity contribution in [3.8, 4) is 0 Å². The third-order valence-corrected chi connectivity index (χ3v) is 2.57. The topological polar surface area (TPSA) is 57.5 Å². The highest BCUT2D eigenvalue weighted by molar-refractivity contribution is 5.74. The smallest absolute Gasteiger partial charge is 0.309 e. The molecule has 3 nitrogen and oxygen atoms in total. The van der Waals surface area contributed by atoms with Crippen molar-refractivity contribution in [2.45, 2.75) is 38.7 Å². The molecule has 1 aliphatic carbocycles. The number of aliphatic carboxylic acids is 1. The molecule has 0 aromatic carbocycles. The van der Waals surface area contributed by atoms with Crippen LogP contribution >= 0.6 is 0 Å². The van der Waals surface area contributed by atoms with E-state index in [0.717, 1.165) is 0 Å². The molecule has 0 amide bonds. The van der Waals surface area contributed by atoms with E-state index >= 15 is 0 Å². The molecule has 1 fully saturated rings. The molecular formula is C8H14O3. The summed E-state index contributed by atoms with van der Waals surface area (Å²) in [6, 6.07) is 0. The molecule has 2 N–H and O–H groups in total. The Kier molecular flexibility index (Phi) is 2.18. The minimum Gasteiger partial charge on any atom is -0.481 e. The second kappa shape index (κ2) is 2.81. The second-order valence-electron chi connectivity index (χ2n) is 3.60. The summed E-state index contributed by atoms with van der Waals surface area (Å²) in [6.45, 7) is 1.75. The van der Waals surface area contributed by atoms with Crippen molar-refractivity contribution in [3.05, 3.63) is 0 Å². The number of carboxylic acid groups (broad SMARTS) is 1. The highest BCUT2D eigenvalue weighted by Gasteiger charge is 2.36. The Morgan fingerprint density at radius 3 is 2.27 bits per heavy atom. The van der Waals surface area contributed by atoms with Gasteiger partial charge in [-0.1, -0.05) is 0 Å². The normalized spacial score (nSPS) is 38.5. The summed E-state index contributed by atoms with van der Waals surface area (Å²) in [6.07, 6.45) is 2.18. The van der Waals surface area contributed by atoms with Gasteiger partial charge in [0.15, 0.2) is 0 Å². The van der Waals surface area contributed by atoms with E-state index in [9.17, 15) is 4.79 Å². The van der Waals surface area contributed by atoms with Crippen molar-refractivity contribution >= 4 is 5.97 Å². The lowest BCUT2D eigenvalue weighted by atomic mass is 9.75. The van der Waals surface area contributed by atoms with Gasteiger partial charge < -0.3 is 10.2 Å². The first-order valence-electron chi connectivity index (χ1n) is 3.96. The number of rotatable bonds is 1. The van der Waals surface area contributed by atoms with Gasteiger partial charge >= 0.3 is 5.97 Å². The zero-order valence-corrected chi connectivity index (χ0v) is 6.71. The lowest BCUT2D eigenvalue weighted by molar-refractivity contribution is -0.150. The Morgan fingerprint density at radius 2 is 1.91 bits per heavy atom. The Labute approximate surface area is 66.0 Å². The minimum atomic E-state index is -0.732. The van der Waals surface area contributed by atoms with E-state index in [0.29, 0.717) is 25.7 Å². The van der Waals surface area contributed by atoms with Gasteiger partial charge in [0.05, 0.1) is 11.5 Å². The van der Waals surface area contributed by atoms with Crippen LogP contribution in [0.25, 0.3) is 0 Å². The minimum absolute atomic E-state index is 0.276. The molecule has 0 aromatic rings. The fourth-order valence-electron chi connectivity index (χ4n) is 1.45. The highest BCUT2D eigenvalue weighted by atomic mass is 16.4. The predicted octanol–water partition coefficient (Wildman–Crippen LogP) is 1.01. The van der Waals surface area contributed by atoms with E-state index in [-0.39, 0.29) is 6.10 Å². The van der Waals surface area contributed by atoms with Gasteiger partial charge in [0.2, 0.25) is 0 Å². The first kappa shape index (κ1) is 8.53. The Morgan fingerprint density at radius 1 is 1.45 bits per heavy atom. The molecule has 0 aromatic heterocycles. The number of carbonyl (C=O) groups is 1. The first-order valence-corrected chi connectivity index (χ1v) is 3.96. The van der Waals surface area contributed by atoms with Gasteiger partial charge in [0.25, 0.3) is 0 Å². The summed E-state index contributed by atoms with van der Waals surface area (Å²) in [4.78, 5) is 10.7. The predicted molar refractivity (Wildman–Crippen MR) is 40.2 cm³/mol. The summed E-state index contributed by atoms with van der Waals surface area (Å²) >= 11 is 0. The number of aliphatic hydroxyl groups excluding tert-OH is 1. The van der Waals surface area contributed by atoms with Crippen LogP contribution in [0.5, 0.6) is 0 Å². The van der Waals surface area contributed by atoms with Crippen LogP contribution < -0.4 is 0 Å². The molecule has 64 valence electrons. The van der Waals surface area contributed by atoms with Crippen molar-refractivity contribution in [2.24, 2.45) is 5.41 Å². The quantitative estimate of drug-likeness (QED) is 0.598. The van der Waals surface area contributed by atoms with Gasteiger partial charge in [-0.3, -0.25) is 4.79 Å². The summed E-state index contributed by atoms with van der Waals surface area (Å²) in [7, 11) is 0. The molecule has 1 rings (SSSR count). The molecule has 0 saturated heterocycles. The van der Waals surface area contributed by atoms with Crippen molar-refractivity contribution in [2.75, 3.05) is 0 Å². The monoisotopic (exact) mass is 158 g/mol. The Bertz CT molecular complexity index is 157. The third-order valence-electron chi connectivity index (χ3n) is 2.57. The number of hydrogen-bond acceptors (Lipinski definition) is 2. The average molecular weight is 158 g/mol. The molecule has 1 aliphatic rings. The molecule has 0 atom stereocenters. The van der Waals surface area contributed by atoms with Crippen LogP contribution in [0.2, 0.25) is 0 Å². The van der Waals surface area contributed by atoms with Gasteiger partial charge in [0.1, 0.15) is 0 Å². The van der Waals surface area contributed by atoms with E-state index in [1.165, 1.54) is 0 Å². The van der Waals surface area contributed by atoms with Gasteiger partial charge in [-0.2, -0.15) is 0 Å². The fourth-order valence-corrected chi connectivity index (χ4v) is 1.45. The molecule has 0 spiro atoms. The second-order valence-corrected chi connectivity index (χ2v) is 3.60. The summed E-state index contributed by atoms with van der Waals surface area (Å²) in [5.74, 6) is -0.732. The van der Waals surface area contributed by atoms with E-state index in [4.69, 9.17) is 10.2 Å². The molecule has 11 heavy (non-hydrogen) atoms. The Hall–Kier alpha value is -0.570. The molecule has 0 unspecified atom stereocenters. The summed E-state index contributed by atoms with van der Waals surface area (Å²) < 4.78 is 0. The van der Waals surface area contributed by atoms with Crippen LogP contribution in [0.15, 0.2) is 0 Å². The number of aliphatic hydroxyl groups is 1. The van der Waals surface area contributed by atoms with E-state index in [1.54, 1.807) is 6.92 Å². The highest BCUT2D eigenvalue weighted by Crippen LogP contribution is 2.35. The maximum Gasteiger partial charge on any atom is 0.309 e. The molecule has 0 bridgehead atoms. The molecule has 3 heteroatoms. The van der Waals surface area contributed by atoms with E-state index in [2.05, 4.69) is 0 Å². The van der Waals surface area contributed by atoms with E-state index < -0.39 is 11.4 Å². The van der Waals surface area contributed by atoms with Crippen molar-refractivity contribution in [3.63, 3.8) is 0 Å². The molecule has 0 radical (unpaired) electrons. The molecule has 0 aliphatic heterocycles.